The van der Waals surface area contributed by atoms with Gasteiger partial charge < -0.3 is 0 Å². The van der Waals surface area contributed by atoms with Crippen LogP contribution in [0, 0.1) is 0 Å². The van der Waals surface area contributed by atoms with Gasteiger partial charge in [-0.25, -0.2) is 4.57 Å². The van der Waals surface area contributed by atoms with Crippen LogP contribution >= 0.6 is 0 Å². The van der Waals surface area contributed by atoms with Gasteiger partial charge in [0.1, 0.15) is 12.4 Å². The molecule has 0 aromatic carbocycles. The highest BCUT2D eigenvalue weighted by Gasteiger charge is 2.96. The summed E-state index contributed by atoms with van der Waals surface area (Å²) in [6.45, 7) is 2.82. The molecular formula is C13H6F17N2+. The van der Waals surface area contributed by atoms with Gasteiger partial charge in [0.15, 0.2) is 0 Å². The Kier molecular flexibility index (Phi) is 6.19. The Morgan fingerprint density at radius 1 is 0.562 bits per heavy atom. The van der Waals surface area contributed by atoms with Gasteiger partial charge in [-0.1, -0.05) is 6.58 Å². The monoisotopic (exact) mass is 513 g/mol. The zero-order valence-electron chi connectivity index (χ0n) is 14.3. The van der Waals surface area contributed by atoms with Crippen LogP contribution in [0.25, 0.3) is 6.20 Å². The predicted molar refractivity (Wildman–Crippen MR) is 66.9 cm³/mol. The summed E-state index contributed by atoms with van der Waals surface area (Å²) in [6, 6.07) is 0. The topological polar surface area (TPSA) is 8.81 Å². The van der Waals surface area contributed by atoms with E-state index in [9.17, 15) is 74.6 Å². The number of rotatable bonds is 7. The molecule has 1 aromatic rings. The third-order valence-corrected chi connectivity index (χ3v) is 3.95. The first-order valence-corrected chi connectivity index (χ1v) is 7.22. The van der Waals surface area contributed by atoms with Crippen LogP contribution in [0.1, 0.15) is 0 Å². The van der Waals surface area contributed by atoms with Crippen LogP contribution in [-0.4, -0.2) is 46.5 Å². The van der Waals surface area contributed by atoms with E-state index in [1.54, 1.807) is 0 Å². The van der Waals surface area contributed by atoms with Crippen LogP contribution < -0.4 is 4.57 Å². The molecule has 0 spiro atoms. The number of imidazole rings is 1. The van der Waals surface area contributed by atoms with Gasteiger partial charge in [-0.15, -0.1) is 0 Å². The first-order valence-electron chi connectivity index (χ1n) is 7.22. The summed E-state index contributed by atoms with van der Waals surface area (Å²) in [5, 5.41) is 0. The summed E-state index contributed by atoms with van der Waals surface area (Å²) in [5.74, 6) is -48.9. The third kappa shape index (κ3) is 3.29. The lowest BCUT2D eigenvalue weighted by atomic mass is 9.89. The summed E-state index contributed by atoms with van der Waals surface area (Å²) in [5.41, 5.74) is 0. The van der Waals surface area contributed by atoms with Gasteiger partial charge in [-0.2, -0.15) is 79.2 Å². The van der Waals surface area contributed by atoms with Crippen LogP contribution in [0.2, 0.25) is 0 Å². The second kappa shape index (κ2) is 7.13. The van der Waals surface area contributed by atoms with Gasteiger partial charge in [-0.3, -0.25) is 0 Å². The summed E-state index contributed by atoms with van der Waals surface area (Å²) >= 11 is 0. The Morgan fingerprint density at radius 3 is 1.25 bits per heavy atom. The second-order valence-electron chi connectivity index (χ2n) is 5.94. The fourth-order valence-electron chi connectivity index (χ4n) is 2.12. The number of alkyl halides is 17. The maximum absolute atomic E-state index is 14.5. The molecule has 1 heterocycles. The third-order valence-electron chi connectivity index (χ3n) is 3.95. The normalized spacial score (nSPS) is 17.3. The average molecular weight is 513 g/mol. The van der Waals surface area contributed by atoms with E-state index in [0.29, 0.717) is 6.20 Å². The lowest BCUT2D eigenvalue weighted by Crippen LogP contribution is -2.79. The number of nitrogens with zero attached hydrogens (tertiary/aromatic N) is 2. The average Bonchev–Trinajstić information content (AvgIpc) is 3.07. The summed E-state index contributed by atoms with van der Waals surface area (Å²) < 4.78 is 223. The molecule has 0 N–H and O–H groups in total. The van der Waals surface area contributed by atoms with Crippen molar-refractivity contribution in [3.63, 3.8) is 0 Å². The van der Waals surface area contributed by atoms with E-state index in [1.807, 2.05) is 0 Å². The zero-order valence-corrected chi connectivity index (χ0v) is 14.3. The van der Waals surface area contributed by atoms with E-state index in [4.69, 9.17) is 0 Å². The summed E-state index contributed by atoms with van der Waals surface area (Å²) in [6.07, 6.45) is -15.4. The van der Waals surface area contributed by atoms with Gasteiger partial charge in [-0.05, 0) is 0 Å². The Labute approximate surface area is 164 Å². The molecule has 0 saturated heterocycles. The number of hydrogen-bond acceptors (Lipinski definition) is 0. The first-order chi connectivity index (χ1) is 13.8. The molecule has 1 atom stereocenters. The van der Waals surface area contributed by atoms with Crippen LogP contribution in [-0.2, 0) is 5.79 Å². The molecule has 32 heavy (non-hydrogen) atoms. The molecule has 186 valence electrons. The fourth-order valence-corrected chi connectivity index (χ4v) is 2.12. The zero-order chi connectivity index (χ0) is 26.0. The summed E-state index contributed by atoms with van der Waals surface area (Å²) in [4.78, 5) is 0. The van der Waals surface area contributed by atoms with Crippen LogP contribution in [0.5, 0.6) is 0 Å². The highest BCUT2D eigenvalue weighted by Crippen LogP contribution is 2.63. The standard InChI is InChI=1S/C13H6F17N2/c1-2-31-3-4-32(5-31)11(24,13(28,29)30)9(20,21)7(16,17)6(14,15)8(18,19)10(22,23)12(25,26)27/h2-5H,1H2/q+1. The molecule has 0 bridgehead atoms. The molecule has 19 heteroatoms. The Morgan fingerprint density at radius 2 is 0.938 bits per heavy atom. The van der Waals surface area contributed by atoms with Gasteiger partial charge in [0.2, 0.25) is 0 Å². The number of aromatic nitrogens is 2. The van der Waals surface area contributed by atoms with Gasteiger partial charge in [0, 0.05) is 0 Å². The molecule has 0 saturated carbocycles. The minimum Gasteiger partial charge on any atom is -0.210 e. The summed E-state index contributed by atoms with van der Waals surface area (Å²) in [7, 11) is 0. The SMILES string of the molecule is C=Cn1cc[n+](C(F)(C(F)(F)F)C(F)(F)C(F)(F)C(F)(F)C(F)(F)C(F)(F)C(F)(F)F)c1. The number of hydrogen-bond donors (Lipinski definition) is 0. The van der Waals surface area contributed by atoms with E-state index in [1.165, 1.54) is 0 Å². The molecule has 0 radical (unpaired) electrons. The second-order valence-corrected chi connectivity index (χ2v) is 5.94. The van der Waals surface area contributed by atoms with Crippen molar-refractivity contribution in [2.45, 2.75) is 47.8 Å². The molecule has 0 aliphatic carbocycles. The van der Waals surface area contributed by atoms with Crippen molar-refractivity contribution in [2.24, 2.45) is 0 Å². The van der Waals surface area contributed by atoms with E-state index in [-0.39, 0.29) is 10.8 Å². The molecule has 0 amide bonds. The van der Waals surface area contributed by atoms with Gasteiger partial charge in [0.05, 0.1) is 6.20 Å². The van der Waals surface area contributed by atoms with Crippen molar-refractivity contribution in [1.29, 1.82) is 0 Å². The van der Waals surface area contributed by atoms with Crippen molar-refractivity contribution in [2.75, 3.05) is 0 Å². The lowest BCUT2D eigenvalue weighted by molar-refractivity contribution is -0.845. The van der Waals surface area contributed by atoms with Crippen LogP contribution in [0.4, 0.5) is 74.6 Å². The molecular weight excluding hydrogens is 507 g/mol. The van der Waals surface area contributed by atoms with Crippen molar-refractivity contribution in [3.8, 4) is 0 Å². The smallest absolute Gasteiger partial charge is 0.210 e. The van der Waals surface area contributed by atoms with Crippen molar-refractivity contribution in [1.82, 2.24) is 4.57 Å². The Hall–Kier alpha value is -2.24. The van der Waals surface area contributed by atoms with E-state index >= 15 is 0 Å². The van der Waals surface area contributed by atoms with E-state index in [0.717, 1.165) is 0 Å². The number of halogens is 17. The minimum atomic E-state index is -8.59. The van der Waals surface area contributed by atoms with Gasteiger partial charge >= 0.3 is 47.8 Å². The minimum absolute atomic E-state index is 0.138. The lowest BCUT2D eigenvalue weighted by Gasteiger charge is -2.42. The first kappa shape index (κ1) is 27.8. The molecule has 0 fully saturated rings. The molecule has 1 rings (SSSR count). The highest BCUT2D eigenvalue weighted by molar-refractivity contribution is 5.15. The van der Waals surface area contributed by atoms with Crippen molar-refractivity contribution < 1.29 is 79.2 Å². The van der Waals surface area contributed by atoms with Crippen molar-refractivity contribution >= 4 is 6.20 Å². The molecule has 0 aliphatic heterocycles. The maximum Gasteiger partial charge on any atom is 0.471 e. The van der Waals surface area contributed by atoms with E-state index < -0.39 is 64.8 Å². The molecule has 0 aliphatic rings. The predicted octanol–water partition coefficient (Wildman–Crippen LogP) is 5.80. The largest absolute Gasteiger partial charge is 0.471 e. The van der Waals surface area contributed by atoms with Crippen LogP contribution in [0.15, 0.2) is 25.3 Å². The molecule has 1 unspecified atom stereocenters. The van der Waals surface area contributed by atoms with Gasteiger partial charge in [0.25, 0.3) is 6.33 Å². The molecule has 2 nitrogen and oxygen atoms in total. The Bertz CT molecular complexity index is 845. The molecule has 1 aromatic heterocycles. The quantitative estimate of drug-likeness (QED) is 0.322. The fraction of sp³-hybridized carbons (Fsp3) is 0.615. The maximum atomic E-state index is 14.5. The highest BCUT2D eigenvalue weighted by atomic mass is 19.4. The van der Waals surface area contributed by atoms with Crippen LogP contribution in [0.3, 0.4) is 0 Å². The van der Waals surface area contributed by atoms with E-state index in [2.05, 4.69) is 6.58 Å². The Balaban J connectivity index is 3.89. The van der Waals surface area contributed by atoms with Crippen molar-refractivity contribution in [3.05, 3.63) is 25.3 Å².